The summed E-state index contributed by atoms with van der Waals surface area (Å²) in [5.74, 6) is 0. The van der Waals surface area contributed by atoms with Crippen molar-refractivity contribution in [3.8, 4) is 0 Å². The smallest absolute Gasteiger partial charge is 0.243 e. The molecule has 0 aromatic heterocycles. The van der Waals surface area contributed by atoms with E-state index in [0.29, 0.717) is 22.8 Å². The number of halogens is 1. The Morgan fingerprint density at radius 2 is 1.90 bits per heavy atom. The van der Waals surface area contributed by atoms with Crippen molar-refractivity contribution < 1.29 is 8.42 Å². The fourth-order valence-electron chi connectivity index (χ4n) is 3.06. The predicted molar refractivity (Wildman–Crippen MR) is 87.0 cm³/mol. The van der Waals surface area contributed by atoms with Crippen molar-refractivity contribution in [3.05, 3.63) is 22.7 Å². The van der Waals surface area contributed by atoms with Crippen LogP contribution < -0.4 is 5.73 Å². The first kappa shape index (κ1) is 16.6. The van der Waals surface area contributed by atoms with E-state index >= 15 is 0 Å². The van der Waals surface area contributed by atoms with E-state index < -0.39 is 10.0 Å². The topological polar surface area (TPSA) is 63.4 Å². The molecule has 0 radical (unpaired) electrons. The minimum absolute atomic E-state index is 0.0911. The molecule has 1 fully saturated rings. The SMILES string of the molecule is CCN(C1CCCCC1)S(=O)(=O)c1cc(Cl)cc(N)c1C. The Kier molecular flexibility index (Phi) is 5.17. The molecule has 1 aliphatic rings. The van der Waals surface area contributed by atoms with Crippen molar-refractivity contribution in [3.63, 3.8) is 0 Å². The van der Waals surface area contributed by atoms with Crippen molar-refractivity contribution in [2.24, 2.45) is 0 Å². The van der Waals surface area contributed by atoms with Crippen LogP contribution in [0.3, 0.4) is 0 Å². The second-order valence-electron chi connectivity index (χ2n) is 5.62. The Morgan fingerprint density at radius 3 is 2.48 bits per heavy atom. The summed E-state index contributed by atoms with van der Waals surface area (Å²) >= 11 is 6.00. The normalized spacial score (nSPS) is 17.3. The standard InChI is InChI=1S/C15H23ClN2O2S/c1-3-18(13-7-5-4-6-8-13)21(19,20)15-10-12(16)9-14(17)11(15)2/h9-10,13H,3-8,17H2,1-2H3. The summed E-state index contributed by atoms with van der Waals surface area (Å²) in [5, 5.41) is 0.358. The molecule has 118 valence electrons. The van der Waals surface area contributed by atoms with Gasteiger partial charge in [0.15, 0.2) is 0 Å². The van der Waals surface area contributed by atoms with Crippen LogP contribution in [0.2, 0.25) is 5.02 Å². The maximum atomic E-state index is 13.0. The van der Waals surface area contributed by atoms with E-state index in [2.05, 4.69) is 0 Å². The lowest BCUT2D eigenvalue weighted by Gasteiger charge is -2.33. The third-order valence-electron chi connectivity index (χ3n) is 4.25. The van der Waals surface area contributed by atoms with Gasteiger partial charge in [-0.3, -0.25) is 0 Å². The highest BCUT2D eigenvalue weighted by Crippen LogP contribution is 2.32. The third kappa shape index (κ3) is 3.35. The predicted octanol–water partition coefficient (Wildman–Crippen LogP) is 3.57. The van der Waals surface area contributed by atoms with Crippen LogP contribution in [-0.2, 0) is 10.0 Å². The van der Waals surface area contributed by atoms with Crippen LogP contribution in [0, 0.1) is 6.92 Å². The summed E-state index contributed by atoms with van der Waals surface area (Å²) in [6, 6.07) is 3.19. The van der Waals surface area contributed by atoms with Crippen molar-refractivity contribution in [2.45, 2.75) is 56.9 Å². The molecule has 1 aromatic carbocycles. The molecule has 21 heavy (non-hydrogen) atoms. The molecular formula is C15H23ClN2O2S. The summed E-state index contributed by atoms with van der Waals surface area (Å²) in [7, 11) is -3.56. The van der Waals surface area contributed by atoms with E-state index in [1.165, 1.54) is 12.5 Å². The van der Waals surface area contributed by atoms with E-state index in [-0.39, 0.29) is 10.9 Å². The number of nitrogen functional groups attached to an aromatic ring is 1. The van der Waals surface area contributed by atoms with E-state index in [4.69, 9.17) is 17.3 Å². The van der Waals surface area contributed by atoms with E-state index in [9.17, 15) is 8.42 Å². The van der Waals surface area contributed by atoms with Crippen LogP contribution >= 0.6 is 11.6 Å². The summed E-state index contributed by atoms with van der Waals surface area (Å²) < 4.78 is 27.6. The van der Waals surface area contributed by atoms with Crippen LogP contribution in [0.1, 0.15) is 44.6 Å². The van der Waals surface area contributed by atoms with Gasteiger partial charge >= 0.3 is 0 Å². The lowest BCUT2D eigenvalue weighted by atomic mass is 9.95. The molecule has 0 atom stereocenters. The van der Waals surface area contributed by atoms with Crippen LogP contribution in [0.4, 0.5) is 5.69 Å². The van der Waals surface area contributed by atoms with Gasteiger partial charge in [0.25, 0.3) is 0 Å². The molecule has 1 saturated carbocycles. The largest absolute Gasteiger partial charge is 0.398 e. The summed E-state index contributed by atoms with van der Waals surface area (Å²) in [6.45, 7) is 4.08. The number of hydrogen-bond acceptors (Lipinski definition) is 3. The molecule has 0 bridgehead atoms. The molecule has 1 aliphatic carbocycles. The van der Waals surface area contributed by atoms with Gasteiger partial charge in [0.2, 0.25) is 10.0 Å². The van der Waals surface area contributed by atoms with Gasteiger partial charge in [-0.1, -0.05) is 37.8 Å². The van der Waals surface area contributed by atoms with Crippen LogP contribution in [-0.4, -0.2) is 25.3 Å². The molecule has 0 amide bonds. The third-order valence-corrected chi connectivity index (χ3v) is 6.62. The average molecular weight is 331 g/mol. The zero-order valence-corrected chi connectivity index (χ0v) is 14.2. The zero-order chi connectivity index (χ0) is 15.6. The second kappa shape index (κ2) is 6.55. The van der Waals surface area contributed by atoms with Crippen molar-refractivity contribution in [1.82, 2.24) is 4.31 Å². The highest BCUT2D eigenvalue weighted by atomic mass is 35.5. The van der Waals surface area contributed by atoms with Gasteiger partial charge in [-0.2, -0.15) is 4.31 Å². The van der Waals surface area contributed by atoms with Crippen molar-refractivity contribution in [1.29, 1.82) is 0 Å². The second-order valence-corrected chi connectivity index (χ2v) is 7.91. The minimum atomic E-state index is -3.56. The van der Waals surface area contributed by atoms with E-state index in [1.54, 1.807) is 17.3 Å². The maximum absolute atomic E-state index is 13.0. The Morgan fingerprint density at radius 1 is 1.29 bits per heavy atom. The fraction of sp³-hybridized carbons (Fsp3) is 0.600. The highest BCUT2D eigenvalue weighted by Gasteiger charge is 2.32. The van der Waals surface area contributed by atoms with Gasteiger partial charge in [0.1, 0.15) is 0 Å². The van der Waals surface area contributed by atoms with Crippen LogP contribution in [0.5, 0.6) is 0 Å². The maximum Gasteiger partial charge on any atom is 0.243 e. The minimum Gasteiger partial charge on any atom is -0.398 e. The quantitative estimate of drug-likeness (QED) is 0.858. The first-order chi connectivity index (χ1) is 9.87. The summed E-state index contributed by atoms with van der Waals surface area (Å²) in [6.07, 6.45) is 5.24. The van der Waals surface area contributed by atoms with Crippen LogP contribution in [0.25, 0.3) is 0 Å². The number of rotatable bonds is 4. The number of hydrogen-bond donors (Lipinski definition) is 1. The molecule has 1 aromatic rings. The van der Waals surface area contributed by atoms with Gasteiger partial charge in [0.05, 0.1) is 4.90 Å². The fourth-order valence-corrected chi connectivity index (χ4v) is 5.33. The van der Waals surface area contributed by atoms with Gasteiger partial charge < -0.3 is 5.73 Å². The average Bonchev–Trinajstić information content (AvgIpc) is 2.44. The molecule has 0 saturated heterocycles. The van der Waals surface area contributed by atoms with Gasteiger partial charge in [0, 0.05) is 23.3 Å². The first-order valence-electron chi connectivity index (χ1n) is 7.45. The van der Waals surface area contributed by atoms with E-state index in [1.807, 2.05) is 6.92 Å². The summed E-state index contributed by atoms with van der Waals surface area (Å²) in [5.41, 5.74) is 6.87. The number of sulfonamides is 1. The van der Waals surface area contributed by atoms with E-state index in [0.717, 1.165) is 25.7 Å². The Labute approximate surface area is 132 Å². The molecule has 0 heterocycles. The van der Waals surface area contributed by atoms with Crippen LogP contribution in [0.15, 0.2) is 17.0 Å². The monoisotopic (exact) mass is 330 g/mol. The van der Waals surface area contributed by atoms with Crippen molar-refractivity contribution >= 4 is 27.3 Å². The molecule has 0 unspecified atom stereocenters. The highest BCUT2D eigenvalue weighted by molar-refractivity contribution is 7.89. The summed E-state index contributed by atoms with van der Waals surface area (Å²) in [4.78, 5) is 0.236. The number of nitrogens with zero attached hydrogens (tertiary/aromatic N) is 1. The molecule has 0 aliphatic heterocycles. The van der Waals surface area contributed by atoms with Crippen molar-refractivity contribution in [2.75, 3.05) is 12.3 Å². The Bertz CT molecular complexity index is 610. The van der Waals surface area contributed by atoms with Gasteiger partial charge in [-0.05, 0) is 37.5 Å². The molecule has 4 nitrogen and oxygen atoms in total. The van der Waals surface area contributed by atoms with Gasteiger partial charge in [-0.15, -0.1) is 0 Å². The molecular weight excluding hydrogens is 308 g/mol. The first-order valence-corrected chi connectivity index (χ1v) is 9.27. The number of anilines is 1. The Hall–Kier alpha value is -0.780. The molecule has 2 rings (SSSR count). The number of benzene rings is 1. The lowest BCUT2D eigenvalue weighted by Crippen LogP contribution is -2.41. The molecule has 0 spiro atoms. The molecule has 2 N–H and O–H groups in total. The van der Waals surface area contributed by atoms with Gasteiger partial charge in [-0.25, -0.2) is 8.42 Å². The lowest BCUT2D eigenvalue weighted by molar-refractivity contribution is 0.261. The molecule has 6 heteroatoms. The Balaban J connectivity index is 2.44. The zero-order valence-electron chi connectivity index (χ0n) is 12.6. The number of nitrogens with two attached hydrogens (primary N) is 1.